The summed E-state index contributed by atoms with van der Waals surface area (Å²) in [6.07, 6.45) is 0.421. The summed E-state index contributed by atoms with van der Waals surface area (Å²) in [6, 6.07) is 2.47. The van der Waals surface area contributed by atoms with E-state index in [1.54, 1.807) is 0 Å². The molecule has 0 bridgehead atoms. The Morgan fingerprint density at radius 3 is 2.64 bits per heavy atom. The third kappa shape index (κ3) is 1.66. The minimum Gasteiger partial charge on any atom is -0.504 e. The molecule has 0 aliphatic carbocycles. The van der Waals surface area contributed by atoms with Crippen molar-refractivity contribution in [3.63, 3.8) is 0 Å². The van der Waals surface area contributed by atoms with Gasteiger partial charge in [0.2, 0.25) is 5.91 Å². The molecule has 0 saturated carbocycles. The van der Waals surface area contributed by atoms with Gasteiger partial charge in [-0.2, -0.15) is 0 Å². The first-order valence-corrected chi connectivity index (χ1v) is 3.76. The van der Waals surface area contributed by atoms with Crippen molar-refractivity contribution in [2.24, 2.45) is 5.73 Å². The molecule has 0 heterocycles. The van der Waals surface area contributed by atoms with Crippen molar-refractivity contribution in [2.75, 3.05) is 7.11 Å². The van der Waals surface area contributed by atoms with Gasteiger partial charge in [-0.3, -0.25) is 9.59 Å². The van der Waals surface area contributed by atoms with Crippen molar-refractivity contribution in [2.45, 2.75) is 0 Å². The van der Waals surface area contributed by atoms with Crippen LogP contribution >= 0.6 is 0 Å². The molecule has 1 aromatic carbocycles. The van der Waals surface area contributed by atoms with Crippen LogP contribution in [0.3, 0.4) is 0 Å². The van der Waals surface area contributed by atoms with Crippen molar-refractivity contribution in [1.29, 1.82) is 0 Å². The number of ether oxygens (including phenoxy) is 1. The van der Waals surface area contributed by atoms with Crippen LogP contribution in [-0.2, 0) is 0 Å². The number of aromatic hydroxyl groups is 1. The summed E-state index contributed by atoms with van der Waals surface area (Å²) in [4.78, 5) is 21.3. The molecule has 0 aliphatic rings. The highest BCUT2D eigenvalue weighted by atomic mass is 16.5. The molecule has 0 radical (unpaired) electrons. The summed E-state index contributed by atoms with van der Waals surface area (Å²) < 4.78 is 4.76. The number of hydrogen-bond acceptors (Lipinski definition) is 4. The van der Waals surface area contributed by atoms with Gasteiger partial charge in [-0.15, -0.1) is 0 Å². The molecule has 0 aromatic heterocycles. The second kappa shape index (κ2) is 3.78. The standard InChI is InChI=1S/C9H9NO4/c1-14-7-3-5(9(10)13)2-6(4-11)8(7)12/h2-4,12H,1H3,(H2,10,13). The fourth-order valence-corrected chi connectivity index (χ4v) is 1.02. The molecule has 0 aliphatic heterocycles. The van der Waals surface area contributed by atoms with Crippen LogP contribution in [-0.4, -0.2) is 24.4 Å². The zero-order valence-corrected chi connectivity index (χ0v) is 7.48. The lowest BCUT2D eigenvalue weighted by molar-refractivity contribution is 0.1000. The van der Waals surface area contributed by atoms with Gasteiger partial charge in [0.1, 0.15) is 0 Å². The van der Waals surface area contributed by atoms with Crippen LogP contribution < -0.4 is 10.5 Å². The molecular formula is C9H9NO4. The van der Waals surface area contributed by atoms with Crippen molar-refractivity contribution in [3.05, 3.63) is 23.3 Å². The number of phenolic OH excluding ortho intramolecular Hbond substituents is 1. The van der Waals surface area contributed by atoms with Crippen LogP contribution in [0.25, 0.3) is 0 Å². The number of phenols is 1. The van der Waals surface area contributed by atoms with Crippen LogP contribution in [0, 0.1) is 0 Å². The molecule has 14 heavy (non-hydrogen) atoms. The van der Waals surface area contributed by atoms with E-state index in [2.05, 4.69) is 0 Å². The summed E-state index contributed by atoms with van der Waals surface area (Å²) >= 11 is 0. The van der Waals surface area contributed by atoms with E-state index < -0.39 is 5.91 Å². The number of benzene rings is 1. The molecule has 3 N–H and O–H groups in total. The van der Waals surface area contributed by atoms with E-state index in [-0.39, 0.29) is 22.6 Å². The molecule has 0 unspecified atom stereocenters. The van der Waals surface area contributed by atoms with Crippen LogP contribution in [0.5, 0.6) is 11.5 Å². The van der Waals surface area contributed by atoms with Gasteiger partial charge in [-0.25, -0.2) is 0 Å². The van der Waals surface area contributed by atoms with E-state index in [4.69, 9.17) is 10.5 Å². The lowest BCUT2D eigenvalue weighted by atomic mass is 10.1. The molecule has 5 heteroatoms. The Morgan fingerprint density at radius 2 is 2.21 bits per heavy atom. The van der Waals surface area contributed by atoms with Gasteiger partial charge in [0.15, 0.2) is 17.8 Å². The first kappa shape index (κ1) is 10.0. The topological polar surface area (TPSA) is 89.6 Å². The van der Waals surface area contributed by atoms with E-state index in [9.17, 15) is 14.7 Å². The summed E-state index contributed by atoms with van der Waals surface area (Å²) in [5, 5.41) is 9.39. The predicted molar refractivity (Wildman–Crippen MR) is 48.6 cm³/mol. The quantitative estimate of drug-likeness (QED) is 0.679. The highest BCUT2D eigenvalue weighted by Gasteiger charge is 2.12. The Morgan fingerprint density at radius 1 is 1.57 bits per heavy atom. The monoisotopic (exact) mass is 195 g/mol. The molecule has 0 saturated heterocycles. The molecule has 1 rings (SSSR count). The highest BCUT2D eigenvalue weighted by Crippen LogP contribution is 2.30. The second-order valence-electron chi connectivity index (χ2n) is 2.60. The molecule has 0 atom stereocenters. The third-order valence-corrected chi connectivity index (χ3v) is 1.74. The third-order valence-electron chi connectivity index (χ3n) is 1.74. The SMILES string of the molecule is COc1cc(C(N)=O)cc(C=O)c1O. The zero-order chi connectivity index (χ0) is 10.7. The molecule has 74 valence electrons. The van der Waals surface area contributed by atoms with E-state index >= 15 is 0 Å². The van der Waals surface area contributed by atoms with Gasteiger partial charge >= 0.3 is 0 Å². The van der Waals surface area contributed by atoms with E-state index in [0.717, 1.165) is 0 Å². The minimum atomic E-state index is -0.689. The Bertz CT molecular complexity index is 387. The van der Waals surface area contributed by atoms with E-state index in [0.29, 0.717) is 6.29 Å². The van der Waals surface area contributed by atoms with Crippen LogP contribution in [0.15, 0.2) is 12.1 Å². The summed E-state index contributed by atoms with van der Waals surface area (Å²) in [5.74, 6) is -0.942. The van der Waals surface area contributed by atoms with Gasteiger partial charge in [0, 0.05) is 5.56 Å². The highest BCUT2D eigenvalue weighted by molar-refractivity contribution is 5.96. The maximum Gasteiger partial charge on any atom is 0.248 e. The normalized spacial score (nSPS) is 9.50. The molecular weight excluding hydrogens is 186 g/mol. The first-order valence-electron chi connectivity index (χ1n) is 3.76. The number of carbonyl (C=O) groups excluding carboxylic acids is 2. The van der Waals surface area contributed by atoms with Crippen LogP contribution in [0.2, 0.25) is 0 Å². The second-order valence-corrected chi connectivity index (χ2v) is 2.60. The number of hydrogen-bond donors (Lipinski definition) is 2. The fraction of sp³-hybridized carbons (Fsp3) is 0.111. The maximum atomic E-state index is 10.8. The van der Waals surface area contributed by atoms with Crippen LogP contribution in [0.1, 0.15) is 20.7 Å². The van der Waals surface area contributed by atoms with Gasteiger partial charge in [0.25, 0.3) is 0 Å². The summed E-state index contributed by atoms with van der Waals surface area (Å²) in [7, 11) is 1.31. The van der Waals surface area contributed by atoms with Crippen molar-refractivity contribution in [1.82, 2.24) is 0 Å². The van der Waals surface area contributed by atoms with Crippen LogP contribution in [0.4, 0.5) is 0 Å². The number of methoxy groups -OCH3 is 1. The minimum absolute atomic E-state index is 0.0295. The lowest BCUT2D eigenvalue weighted by Crippen LogP contribution is -2.11. The van der Waals surface area contributed by atoms with Gasteiger partial charge in [-0.1, -0.05) is 0 Å². The molecule has 1 aromatic rings. The number of nitrogens with two attached hydrogens (primary N) is 1. The molecule has 1 amide bonds. The molecule has 0 spiro atoms. The fourth-order valence-electron chi connectivity index (χ4n) is 1.02. The Kier molecular flexibility index (Phi) is 2.71. The van der Waals surface area contributed by atoms with E-state index in [1.165, 1.54) is 19.2 Å². The average Bonchev–Trinajstić information content (AvgIpc) is 2.17. The van der Waals surface area contributed by atoms with Gasteiger partial charge in [-0.05, 0) is 12.1 Å². The number of carbonyl (C=O) groups is 2. The predicted octanol–water partition coefficient (Wildman–Crippen LogP) is 0.312. The summed E-state index contributed by atoms with van der Waals surface area (Å²) in [5.41, 5.74) is 5.10. The number of amides is 1. The largest absolute Gasteiger partial charge is 0.504 e. The smallest absolute Gasteiger partial charge is 0.248 e. The maximum absolute atomic E-state index is 10.8. The zero-order valence-electron chi connectivity index (χ0n) is 7.48. The van der Waals surface area contributed by atoms with Crippen molar-refractivity contribution >= 4 is 12.2 Å². The number of primary amides is 1. The summed E-state index contributed by atoms with van der Waals surface area (Å²) in [6.45, 7) is 0. The Hall–Kier alpha value is -2.04. The molecule has 5 nitrogen and oxygen atoms in total. The van der Waals surface area contributed by atoms with Crippen molar-refractivity contribution < 1.29 is 19.4 Å². The van der Waals surface area contributed by atoms with E-state index in [1.807, 2.05) is 0 Å². The Labute approximate surface area is 80.1 Å². The first-order chi connectivity index (χ1) is 6.60. The Balaban J connectivity index is 3.39. The van der Waals surface area contributed by atoms with Crippen molar-refractivity contribution in [3.8, 4) is 11.5 Å². The van der Waals surface area contributed by atoms with Gasteiger partial charge in [0.05, 0.1) is 12.7 Å². The number of rotatable bonds is 3. The average molecular weight is 195 g/mol. The number of aldehydes is 1. The van der Waals surface area contributed by atoms with Gasteiger partial charge < -0.3 is 15.6 Å². The lowest BCUT2D eigenvalue weighted by Gasteiger charge is -2.06. The molecule has 0 fully saturated rings.